The molecule has 2 atom stereocenters. The molecule has 0 radical (unpaired) electrons. The Kier molecular flexibility index (Phi) is 7.68. The van der Waals surface area contributed by atoms with Crippen LogP contribution in [0, 0.1) is 12.8 Å². The van der Waals surface area contributed by atoms with Crippen molar-refractivity contribution in [3.63, 3.8) is 0 Å². The quantitative estimate of drug-likeness (QED) is 0.688. The zero-order valence-corrected chi connectivity index (χ0v) is 17.6. The number of hydrogen-bond donors (Lipinski definition) is 3. The summed E-state index contributed by atoms with van der Waals surface area (Å²) < 4.78 is 28.3. The van der Waals surface area contributed by atoms with E-state index in [0.29, 0.717) is 17.0 Å². The van der Waals surface area contributed by atoms with Gasteiger partial charge in [-0.05, 0) is 56.3 Å². The first-order valence-electron chi connectivity index (χ1n) is 9.51. The van der Waals surface area contributed by atoms with Crippen molar-refractivity contribution in [1.82, 2.24) is 15.4 Å². The van der Waals surface area contributed by atoms with Gasteiger partial charge in [-0.1, -0.05) is 25.8 Å². The molecule has 1 aromatic carbocycles. The predicted molar refractivity (Wildman–Crippen MR) is 109 cm³/mol. The van der Waals surface area contributed by atoms with Gasteiger partial charge in [0.1, 0.15) is 0 Å². The first-order valence-corrected chi connectivity index (χ1v) is 11.0. The van der Waals surface area contributed by atoms with Gasteiger partial charge in [0.2, 0.25) is 10.0 Å². The zero-order chi connectivity index (χ0) is 18.7. The molecule has 1 heterocycles. The van der Waals surface area contributed by atoms with Crippen LogP contribution in [0.3, 0.4) is 0 Å². The number of amides is 1. The molecule has 1 aliphatic carbocycles. The van der Waals surface area contributed by atoms with Gasteiger partial charge >= 0.3 is 0 Å². The molecule has 0 aromatic heterocycles. The molecule has 1 amide bonds. The number of nitrogens with one attached hydrogen (secondary N) is 3. The lowest BCUT2D eigenvalue weighted by atomic mass is 9.94. The largest absolute Gasteiger partial charge is 0.348 e. The Morgan fingerprint density at radius 1 is 1.19 bits per heavy atom. The monoisotopic (exact) mass is 415 g/mol. The Balaban J connectivity index is 0.00000261. The molecule has 0 spiro atoms. The number of hydrogen-bond acceptors (Lipinski definition) is 4. The fourth-order valence-corrected chi connectivity index (χ4v) is 5.37. The lowest BCUT2D eigenvalue weighted by Crippen LogP contribution is -2.50. The number of aryl methyl sites for hydroxylation is 1. The van der Waals surface area contributed by atoms with Crippen LogP contribution in [0.1, 0.15) is 54.9 Å². The van der Waals surface area contributed by atoms with Gasteiger partial charge in [0.15, 0.2) is 0 Å². The predicted octanol–water partition coefficient (Wildman–Crippen LogP) is 2.37. The number of sulfonamides is 1. The molecule has 3 N–H and O–H groups in total. The summed E-state index contributed by atoms with van der Waals surface area (Å²) >= 11 is 0. The van der Waals surface area contributed by atoms with E-state index in [1.54, 1.807) is 19.1 Å². The Bertz CT molecular complexity index is 763. The first kappa shape index (κ1) is 22.1. The SMILES string of the molecule is Cc1ccc(C(=O)NC2CNCCC2C)cc1S(=O)(=O)NC1CCCC1.Cl. The second-order valence-electron chi connectivity index (χ2n) is 7.63. The first-order chi connectivity index (χ1) is 12.4. The Morgan fingerprint density at radius 3 is 2.56 bits per heavy atom. The van der Waals surface area contributed by atoms with Crippen LogP contribution in [0.5, 0.6) is 0 Å². The van der Waals surface area contributed by atoms with Crippen molar-refractivity contribution in [2.24, 2.45) is 5.92 Å². The molecular formula is C19H30ClN3O3S. The van der Waals surface area contributed by atoms with Crippen LogP contribution in [0.15, 0.2) is 23.1 Å². The van der Waals surface area contributed by atoms with Crippen molar-refractivity contribution < 1.29 is 13.2 Å². The van der Waals surface area contributed by atoms with Crippen molar-refractivity contribution >= 4 is 28.3 Å². The van der Waals surface area contributed by atoms with Crippen LogP contribution in [0.4, 0.5) is 0 Å². The topological polar surface area (TPSA) is 87.3 Å². The molecule has 2 fully saturated rings. The molecule has 2 aliphatic rings. The highest BCUT2D eigenvalue weighted by Gasteiger charge is 2.26. The third-order valence-electron chi connectivity index (χ3n) is 5.56. The van der Waals surface area contributed by atoms with Gasteiger partial charge < -0.3 is 10.6 Å². The van der Waals surface area contributed by atoms with E-state index in [1.807, 2.05) is 0 Å². The number of halogens is 1. The van der Waals surface area contributed by atoms with Crippen molar-refractivity contribution in [3.05, 3.63) is 29.3 Å². The summed E-state index contributed by atoms with van der Waals surface area (Å²) in [6.07, 6.45) is 4.89. The van der Waals surface area contributed by atoms with Crippen LogP contribution in [-0.4, -0.2) is 39.5 Å². The van der Waals surface area contributed by atoms with E-state index in [0.717, 1.165) is 45.2 Å². The van der Waals surface area contributed by atoms with Gasteiger partial charge in [0.05, 0.1) is 4.90 Å². The smallest absolute Gasteiger partial charge is 0.251 e. The van der Waals surface area contributed by atoms with Crippen LogP contribution >= 0.6 is 12.4 Å². The van der Waals surface area contributed by atoms with E-state index in [-0.39, 0.29) is 35.3 Å². The molecule has 2 unspecified atom stereocenters. The minimum absolute atomic E-state index is 0. The van der Waals surface area contributed by atoms with Gasteiger partial charge in [0.25, 0.3) is 5.91 Å². The molecule has 1 aromatic rings. The summed E-state index contributed by atoms with van der Waals surface area (Å²) in [4.78, 5) is 12.8. The summed E-state index contributed by atoms with van der Waals surface area (Å²) in [5.41, 5.74) is 1.04. The summed E-state index contributed by atoms with van der Waals surface area (Å²) in [6, 6.07) is 4.98. The van der Waals surface area contributed by atoms with Crippen molar-refractivity contribution in [1.29, 1.82) is 0 Å². The molecule has 8 heteroatoms. The standard InChI is InChI=1S/C19H29N3O3S.ClH/c1-13-9-10-20-12-17(13)21-19(23)15-8-7-14(2)18(11-15)26(24,25)22-16-5-3-4-6-16;/h7-8,11,13,16-17,20,22H,3-6,9-10,12H2,1-2H3,(H,21,23);1H. The van der Waals surface area contributed by atoms with E-state index >= 15 is 0 Å². The zero-order valence-electron chi connectivity index (χ0n) is 16.0. The van der Waals surface area contributed by atoms with Gasteiger partial charge in [-0.15, -0.1) is 12.4 Å². The van der Waals surface area contributed by atoms with E-state index in [1.165, 1.54) is 6.07 Å². The minimum Gasteiger partial charge on any atom is -0.348 e. The lowest BCUT2D eigenvalue weighted by molar-refractivity contribution is 0.0915. The summed E-state index contributed by atoms with van der Waals surface area (Å²) in [5.74, 6) is 0.181. The van der Waals surface area contributed by atoms with E-state index < -0.39 is 10.0 Å². The van der Waals surface area contributed by atoms with Gasteiger partial charge in [-0.2, -0.15) is 0 Å². The van der Waals surface area contributed by atoms with Crippen LogP contribution in [0.25, 0.3) is 0 Å². The number of rotatable bonds is 5. The second kappa shape index (κ2) is 9.37. The normalized spacial score (nSPS) is 23.6. The second-order valence-corrected chi connectivity index (χ2v) is 9.32. The Morgan fingerprint density at radius 2 is 1.89 bits per heavy atom. The van der Waals surface area contributed by atoms with E-state index in [9.17, 15) is 13.2 Å². The fraction of sp³-hybridized carbons (Fsp3) is 0.632. The lowest BCUT2D eigenvalue weighted by Gasteiger charge is -2.30. The van der Waals surface area contributed by atoms with E-state index in [2.05, 4.69) is 22.3 Å². The molecule has 152 valence electrons. The maximum Gasteiger partial charge on any atom is 0.251 e. The molecule has 27 heavy (non-hydrogen) atoms. The van der Waals surface area contributed by atoms with Crippen molar-refractivity contribution in [3.8, 4) is 0 Å². The minimum atomic E-state index is -3.62. The summed E-state index contributed by atoms with van der Waals surface area (Å²) in [7, 11) is -3.62. The Hall–Kier alpha value is -1.15. The maximum atomic E-state index is 12.8. The molecule has 1 saturated heterocycles. The molecular weight excluding hydrogens is 386 g/mol. The highest BCUT2D eigenvalue weighted by Crippen LogP contribution is 2.23. The highest BCUT2D eigenvalue weighted by atomic mass is 35.5. The van der Waals surface area contributed by atoms with Gasteiger partial charge in [-0.3, -0.25) is 4.79 Å². The molecule has 0 bridgehead atoms. The Labute approximate surface area is 168 Å². The molecule has 6 nitrogen and oxygen atoms in total. The third-order valence-corrected chi connectivity index (χ3v) is 7.22. The van der Waals surface area contributed by atoms with Gasteiger partial charge in [0, 0.05) is 24.2 Å². The van der Waals surface area contributed by atoms with E-state index in [4.69, 9.17) is 0 Å². The van der Waals surface area contributed by atoms with Crippen molar-refractivity contribution in [2.75, 3.05) is 13.1 Å². The van der Waals surface area contributed by atoms with Gasteiger partial charge in [-0.25, -0.2) is 13.1 Å². The molecule has 1 saturated carbocycles. The average molecular weight is 416 g/mol. The number of benzene rings is 1. The summed E-state index contributed by atoms with van der Waals surface area (Å²) in [6.45, 7) is 5.60. The van der Waals surface area contributed by atoms with Crippen LogP contribution in [0.2, 0.25) is 0 Å². The maximum absolute atomic E-state index is 12.8. The number of carbonyl (C=O) groups excluding carboxylic acids is 1. The summed E-state index contributed by atoms with van der Waals surface area (Å²) in [5, 5.41) is 6.33. The number of piperidine rings is 1. The van der Waals surface area contributed by atoms with Crippen molar-refractivity contribution in [2.45, 2.75) is 62.9 Å². The highest BCUT2D eigenvalue weighted by molar-refractivity contribution is 7.89. The fourth-order valence-electron chi connectivity index (χ4n) is 3.79. The third kappa shape index (κ3) is 5.44. The molecule has 1 aliphatic heterocycles. The average Bonchev–Trinajstić information content (AvgIpc) is 3.09. The van der Waals surface area contributed by atoms with Crippen LogP contribution < -0.4 is 15.4 Å². The molecule has 3 rings (SSSR count). The van der Waals surface area contributed by atoms with Crippen LogP contribution in [-0.2, 0) is 10.0 Å². The number of carbonyl (C=O) groups is 1.